The first-order valence-electron chi connectivity index (χ1n) is 3.49. The van der Waals surface area contributed by atoms with Gasteiger partial charge < -0.3 is 0 Å². The summed E-state index contributed by atoms with van der Waals surface area (Å²) in [4.78, 5) is 0. The Morgan fingerprint density at radius 1 is 1.33 bits per heavy atom. The zero-order valence-electron chi connectivity index (χ0n) is 6.74. The molecule has 0 saturated heterocycles. The lowest BCUT2D eigenvalue weighted by molar-refractivity contribution is 0.798. The predicted molar refractivity (Wildman–Crippen MR) is 46.8 cm³/mol. The van der Waals surface area contributed by atoms with Crippen LogP contribution in [0.1, 0.15) is 33.6 Å². The fraction of sp³-hybridized carbons (Fsp3) is 0.875. The summed E-state index contributed by atoms with van der Waals surface area (Å²) < 4.78 is 0.440. The van der Waals surface area contributed by atoms with Crippen molar-refractivity contribution in [1.29, 1.82) is 0 Å². The molecule has 0 aromatic carbocycles. The molecule has 0 bridgehead atoms. The zero-order chi connectivity index (χ0) is 7.33. The molecule has 0 N–H and O–H groups in total. The van der Waals surface area contributed by atoms with Gasteiger partial charge in [-0.3, -0.25) is 0 Å². The van der Waals surface area contributed by atoms with Crippen molar-refractivity contribution in [2.75, 3.05) is 5.75 Å². The highest BCUT2D eigenvalue weighted by atomic mass is 32.2. The lowest BCUT2D eigenvalue weighted by Gasteiger charge is -2.16. The Balaban J connectivity index is 3.07. The molecule has 0 rings (SSSR count). The molecule has 0 amide bonds. The van der Waals surface area contributed by atoms with Crippen LogP contribution in [0, 0.1) is 6.92 Å². The third-order valence-corrected chi connectivity index (χ3v) is 2.29. The minimum absolute atomic E-state index is 0.440. The Morgan fingerprint density at radius 2 is 1.89 bits per heavy atom. The van der Waals surface area contributed by atoms with Gasteiger partial charge in [0.15, 0.2) is 0 Å². The van der Waals surface area contributed by atoms with Crippen molar-refractivity contribution in [2.24, 2.45) is 0 Å². The van der Waals surface area contributed by atoms with E-state index in [1.54, 1.807) is 0 Å². The second-order valence-electron chi connectivity index (χ2n) is 3.17. The molecule has 0 aliphatic carbocycles. The van der Waals surface area contributed by atoms with Crippen molar-refractivity contribution in [2.45, 2.75) is 38.4 Å². The van der Waals surface area contributed by atoms with Crippen LogP contribution in [0.4, 0.5) is 0 Å². The molecule has 0 aromatic rings. The molecule has 0 aromatic heterocycles. The quantitative estimate of drug-likeness (QED) is 0.550. The zero-order valence-corrected chi connectivity index (χ0v) is 7.55. The van der Waals surface area contributed by atoms with Gasteiger partial charge in [-0.2, -0.15) is 11.8 Å². The van der Waals surface area contributed by atoms with E-state index in [-0.39, 0.29) is 0 Å². The van der Waals surface area contributed by atoms with Gasteiger partial charge in [0.25, 0.3) is 0 Å². The summed E-state index contributed by atoms with van der Waals surface area (Å²) in [6, 6.07) is 0. The smallest absolute Gasteiger partial charge is 0.00750 e. The average Bonchev–Trinajstić information content (AvgIpc) is 1.63. The summed E-state index contributed by atoms with van der Waals surface area (Å²) in [5, 5.41) is 0. The monoisotopic (exact) mass is 145 g/mol. The molecule has 1 radical (unpaired) electrons. The van der Waals surface area contributed by atoms with Crippen LogP contribution in [0.25, 0.3) is 0 Å². The third-order valence-electron chi connectivity index (χ3n) is 0.929. The summed E-state index contributed by atoms with van der Waals surface area (Å²) in [6.07, 6.45) is 2.32. The number of rotatable bonds is 3. The maximum Gasteiger partial charge on any atom is 0.00750 e. The highest BCUT2D eigenvalue weighted by molar-refractivity contribution is 8.00. The molecule has 55 valence electrons. The van der Waals surface area contributed by atoms with Gasteiger partial charge in [0.1, 0.15) is 0 Å². The van der Waals surface area contributed by atoms with Crippen LogP contribution >= 0.6 is 11.8 Å². The Hall–Kier alpha value is 0.350. The molecule has 0 atom stereocenters. The molecule has 9 heavy (non-hydrogen) atoms. The molecule has 0 aliphatic rings. The first kappa shape index (κ1) is 9.35. The normalized spacial score (nSPS) is 12.0. The van der Waals surface area contributed by atoms with E-state index in [1.807, 2.05) is 11.8 Å². The fourth-order valence-corrected chi connectivity index (χ4v) is 1.44. The number of hydrogen-bond acceptors (Lipinski definition) is 1. The van der Waals surface area contributed by atoms with E-state index < -0.39 is 0 Å². The van der Waals surface area contributed by atoms with E-state index in [9.17, 15) is 0 Å². The molecule has 0 unspecified atom stereocenters. The van der Waals surface area contributed by atoms with Gasteiger partial charge in [0.05, 0.1) is 0 Å². The lowest BCUT2D eigenvalue weighted by Crippen LogP contribution is -2.07. The van der Waals surface area contributed by atoms with Gasteiger partial charge >= 0.3 is 0 Å². The SMILES string of the molecule is [CH2]CCCSC(C)(C)C. The third kappa shape index (κ3) is 8.35. The summed E-state index contributed by atoms with van der Waals surface area (Å²) in [5.41, 5.74) is 0. The summed E-state index contributed by atoms with van der Waals surface area (Å²) in [6.45, 7) is 10.5. The van der Waals surface area contributed by atoms with E-state index in [0.29, 0.717) is 4.75 Å². The van der Waals surface area contributed by atoms with Gasteiger partial charge in [-0.1, -0.05) is 34.1 Å². The molecule has 0 aliphatic heterocycles. The molecule has 0 saturated carbocycles. The molecule has 0 nitrogen and oxygen atoms in total. The van der Waals surface area contributed by atoms with Crippen molar-refractivity contribution in [1.82, 2.24) is 0 Å². The average molecular weight is 145 g/mol. The second-order valence-corrected chi connectivity index (χ2v) is 5.09. The van der Waals surface area contributed by atoms with E-state index in [4.69, 9.17) is 0 Å². The van der Waals surface area contributed by atoms with Crippen LogP contribution in [0.15, 0.2) is 0 Å². The van der Waals surface area contributed by atoms with E-state index >= 15 is 0 Å². The summed E-state index contributed by atoms with van der Waals surface area (Å²) in [5.74, 6) is 1.26. The minimum Gasteiger partial charge on any atom is -0.156 e. The van der Waals surface area contributed by atoms with Crippen LogP contribution in [0.2, 0.25) is 0 Å². The Labute approximate surface area is 63.4 Å². The Bertz CT molecular complexity index is 61.5. The van der Waals surface area contributed by atoms with E-state index in [2.05, 4.69) is 27.7 Å². The topological polar surface area (TPSA) is 0 Å². The standard InChI is InChI=1S/C8H17S/c1-5-6-7-9-8(2,3)4/h1,5-7H2,2-4H3. The van der Waals surface area contributed by atoms with Gasteiger partial charge in [0.2, 0.25) is 0 Å². The Morgan fingerprint density at radius 3 is 2.22 bits per heavy atom. The molecule has 0 fully saturated rings. The minimum atomic E-state index is 0.440. The highest BCUT2D eigenvalue weighted by Gasteiger charge is 2.08. The van der Waals surface area contributed by atoms with Crippen LogP contribution in [0.3, 0.4) is 0 Å². The molecular formula is C8H17S. The predicted octanol–water partition coefficient (Wildman–Crippen LogP) is 3.13. The number of thioether (sulfide) groups is 1. The maximum atomic E-state index is 3.79. The van der Waals surface area contributed by atoms with Gasteiger partial charge in [-0.25, -0.2) is 0 Å². The van der Waals surface area contributed by atoms with Crippen LogP contribution < -0.4 is 0 Å². The van der Waals surface area contributed by atoms with Crippen LogP contribution in [0.5, 0.6) is 0 Å². The van der Waals surface area contributed by atoms with Crippen LogP contribution in [-0.2, 0) is 0 Å². The van der Waals surface area contributed by atoms with E-state index in [0.717, 1.165) is 6.42 Å². The van der Waals surface area contributed by atoms with E-state index in [1.165, 1.54) is 12.2 Å². The number of hydrogen-bond donors (Lipinski definition) is 0. The molecule has 0 spiro atoms. The van der Waals surface area contributed by atoms with Crippen molar-refractivity contribution in [3.8, 4) is 0 Å². The molecule has 1 heteroatoms. The molecular weight excluding hydrogens is 128 g/mol. The maximum absolute atomic E-state index is 3.79. The van der Waals surface area contributed by atoms with Gasteiger partial charge in [-0.15, -0.1) is 0 Å². The van der Waals surface area contributed by atoms with Gasteiger partial charge in [0, 0.05) is 4.75 Å². The lowest BCUT2D eigenvalue weighted by atomic mass is 10.3. The largest absolute Gasteiger partial charge is 0.156 e. The molecule has 0 heterocycles. The van der Waals surface area contributed by atoms with Crippen molar-refractivity contribution in [3.63, 3.8) is 0 Å². The van der Waals surface area contributed by atoms with Crippen molar-refractivity contribution in [3.05, 3.63) is 6.92 Å². The van der Waals surface area contributed by atoms with Crippen LogP contribution in [-0.4, -0.2) is 10.5 Å². The van der Waals surface area contributed by atoms with Gasteiger partial charge in [-0.05, 0) is 12.2 Å². The first-order chi connectivity index (χ1) is 4.06. The highest BCUT2D eigenvalue weighted by Crippen LogP contribution is 2.23. The number of unbranched alkanes of at least 4 members (excludes halogenated alkanes) is 1. The fourth-order valence-electron chi connectivity index (χ4n) is 0.480. The summed E-state index contributed by atoms with van der Waals surface area (Å²) in [7, 11) is 0. The first-order valence-corrected chi connectivity index (χ1v) is 4.48. The van der Waals surface area contributed by atoms with Crippen molar-refractivity contribution < 1.29 is 0 Å². The summed E-state index contributed by atoms with van der Waals surface area (Å²) >= 11 is 2.02. The second kappa shape index (κ2) is 4.21. The van der Waals surface area contributed by atoms with Crippen molar-refractivity contribution >= 4 is 11.8 Å². The Kier molecular flexibility index (Phi) is 4.37.